The smallest absolute Gasteiger partial charge is 0.274 e. The van der Waals surface area contributed by atoms with Crippen molar-refractivity contribution in [3.8, 4) is 0 Å². The van der Waals surface area contributed by atoms with E-state index in [2.05, 4.69) is 33.7 Å². The summed E-state index contributed by atoms with van der Waals surface area (Å²) in [6.07, 6.45) is 3.48. The molecule has 1 atom stereocenters. The van der Waals surface area contributed by atoms with Crippen molar-refractivity contribution in [3.63, 3.8) is 0 Å². The summed E-state index contributed by atoms with van der Waals surface area (Å²) in [5.41, 5.74) is 6.98. The summed E-state index contributed by atoms with van der Waals surface area (Å²) in [5.74, 6) is -0.250. The van der Waals surface area contributed by atoms with Crippen molar-refractivity contribution in [2.24, 2.45) is 0 Å². The van der Waals surface area contributed by atoms with Gasteiger partial charge in [-0.15, -0.1) is 0 Å². The molecule has 2 amide bonds. The van der Waals surface area contributed by atoms with Crippen LogP contribution >= 0.6 is 0 Å². The summed E-state index contributed by atoms with van der Waals surface area (Å²) in [5, 5.41) is 10.1. The quantitative estimate of drug-likeness (QED) is 0.532. The molecule has 0 radical (unpaired) electrons. The van der Waals surface area contributed by atoms with E-state index in [1.807, 2.05) is 12.1 Å². The van der Waals surface area contributed by atoms with Crippen molar-refractivity contribution in [1.29, 1.82) is 0 Å². The molecule has 6 nitrogen and oxygen atoms in total. The van der Waals surface area contributed by atoms with E-state index < -0.39 is 5.91 Å². The summed E-state index contributed by atoms with van der Waals surface area (Å²) in [6.45, 7) is 1.48. The Labute approximate surface area is 168 Å². The second-order valence-electron chi connectivity index (χ2n) is 7.85. The number of hydrogen-bond donors (Lipinski definition) is 2. The summed E-state index contributed by atoms with van der Waals surface area (Å²) in [6, 6.07) is 15.9. The van der Waals surface area contributed by atoms with E-state index >= 15 is 0 Å². The summed E-state index contributed by atoms with van der Waals surface area (Å²) < 4.78 is 2.35. The van der Waals surface area contributed by atoms with E-state index in [0.717, 1.165) is 31.4 Å². The highest BCUT2D eigenvalue weighted by molar-refractivity contribution is 5.93. The first-order valence-electron chi connectivity index (χ1n) is 10.1. The number of carbonyl (C=O) groups excluding carboxylic acids is 2. The number of hydrogen-bond acceptors (Lipinski definition) is 3. The van der Waals surface area contributed by atoms with Crippen LogP contribution < -0.4 is 5.48 Å². The Hall–Kier alpha value is -3.12. The SMILES string of the molecule is O=C(NO)c1ccc(Cn2c3c(c4ccccc42)CCN2C(=O)CCCC32)cc1. The van der Waals surface area contributed by atoms with Gasteiger partial charge in [-0.3, -0.25) is 14.8 Å². The Bertz CT molecular complexity index is 1100. The van der Waals surface area contributed by atoms with Gasteiger partial charge in [-0.05, 0) is 48.6 Å². The van der Waals surface area contributed by atoms with Gasteiger partial charge in [-0.25, -0.2) is 5.48 Å². The predicted molar refractivity (Wildman–Crippen MR) is 109 cm³/mol. The van der Waals surface area contributed by atoms with Gasteiger partial charge in [0, 0.05) is 41.7 Å². The molecule has 3 heterocycles. The van der Waals surface area contributed by atoms with Gasteiger partial charge in [0.2, 0.25) is 5.91 Å². The Morgan fingerprint density at radius 1 is 1.10 bits per heavy atom. The van der Waals surface area contributed by atoms with E-state index in [1.165, 1.54) is 22.2 Å². The van der Waals surface area contributed by atoms with E-state index in [0.29, 0.717) is 18.5 Å². The maximum Gasteiger partial charge on any atom is 0.274 e. The lowest BCUT2D eigenvalue weighted by molar-refractivity contribution is -0.137. The lowest BCUT2D eigenvalue weighted by Crippen LogP contribution is -2.43. The molecule has 0 bridgehead atoms. The van der Waals surface area contributed by atoms with Crippen LogP contribution in [-0.2, 0) is 17.8 Å². The summed E-state index contributed by atoms with van der Waals surface area (Å²) in [7, 11) is 0. The number of benzene rings is 2. The first kappa shape index (κ1) is 17.9. The molecule has 5 rings (SSSR count). The second-order valence-corrected chi connectivity index (χ2v) is 7.85. The maximum absolute atomic E-state index is 12.5. The predicted octanol–water partition coefficient (Wildman–Crippen LogP) is 3.42. The highest BCUT2D eigenvalue weighted by Gasteiger charge is 2.37. The summed E-state index contributed by atoms with van der Waals surface area (Å²) >= 11 is 0. The number of piperidine rings is 1. The van der Waals surface area contributed by atoms with Crippen molar-refractivity contribution < 1.29 is 14.8 Å². The number of fused-ring (bicyclic) bond motifs is 5. The van der Waals surface area contributed by atoms with Crippen LogP contribution in [0.3, 0.4) is 0 Å². The highest BCUT2D eigenvalue weighted by Crippen LogP contribution is 2.42. The number of nitrogens with zero attached hydrogens (tertiary/aromatic N) is 2. The van der Waals surface area contributed by atoms with Crippen LogP contribution in [-0.4, -0.2) is 33.0 Å². The van der Waals surface area contributed by atoms with Crippen LogP contribution in [0.25, 0.3) is 10.9 Å². The van der Waals surface area contributed by atoms with Crippen molar-refractivity contribution >= 4 is 22.7 Å². The van der Waals surface area contributed by atoms with Crippen LogP contribution in [0.1, 0.15) is 52.5 Å². The minimum Gasteiger partial charge on any atom is -0.338 e. The van der Waals surface area contributed by atoms with Crippen LogP contribution in [0.4, 0.5) is 0 Å². The molecular formula is C23H23N3O3. The lowest BCUT2D eigenvalue weighted by atomic mass is 9.90. The average molecular weight is 389 g/mol. The molecular weight excluding hydrogens is 366 g/mol. The zero-order chi connectivity index (χ0) is 20.0. The molecule has 0 saturated carbocycles. The van der Waals surface area contributed by atoms with E-state index in [-0.39, 0.29) is 11.9 Å². The van der Waals surface area contributed by atoms with Crippen molar-refractivity contribution in [3.05, 3.63) is 70.9 Å². The minimum atomic E-state index is -0.517. The van der Waals surface area contributed by atoms with Crippen molar-refractivity contribution in [2.75, 3.05) is 6.54 Å². The average Bonchev–Trinajstić information content (AvgIpc) is 3.08. The van der Waals surface area contributed by atoms with E-state index in [9.17, 15) is 9.59 Å². The number of amides is 2. The Kier molecular flexibility index (Phi) is 4.36. The fourth-order valence-corrected chi connectivity index (χ4v) is 4.93. The fourth-order valence-electron chi connectivity index (χ4n) is 4.93. The van der Waals surface area contributed by atoms with Crippen LogP contribution in [0.15, 0.2) is 48.5 Å². The number of para-hydroxylation sites is 1. The second kappa shape index (κ2) is 7.04. The van der Waals surface area contributed by atoms with Crippen molar-refractivity contribution in [2.45, 2.75) is 38.3 Å². The minimum absolute atomic E-state index is 0.145. The number of aromatic nitrogens is 1. The standard InChI is InChI=1S/C23H23N3O3/c27-21-7-3-6-20-22-18(12-13-25(20)21)17-4-1-2-5-19(17)26(22)14-15-8-10-16(11-9-15)23(28)24-29/h1-2,4-5,8-11,20,29H,3,6-7,12-14H2,(H,24,28). The fraction of sp³-hybridized carbons (Fsp3) is 0.304. The first-order chi connectivity index (χ1) is 14.2. The Morgan fingerprint density at radius 3 is 2.69 bits per heavy atom. The van der Waals surface area contributed by atoms with E-state index in [1.54, 1.807) is 17.6 Å². The highest BCUT2D eigenvalue weighted by atomic mass is 16.5. The monoisotopic (exact) mass is 389 g/mol. The molecule has 2 aromatic carbocycles. The number of hydroxylamine groups is 1. The molecule has 1 unspecified atom stereocenters. The topological polar surface area (TPSA) is 74.6 Å². The zero-order valence-electron chi connectivity index (χ0n) is 16.1. The van der Waals surface area contributed by atoms with Crippen molar-refractivity contribution in [1.82, 2.24) is 14.9 Å². The Balaban J connectivity index is 1.60. The largest absolute Gasteiger partial charge is 0.338 e. The third kappa shape index (κ3) is 2.91. The van der Waals surface area contributed by atoms with Gasteiger partial charge in [0.25, 0.3) is 5.91 Å². The first-order valence-corrected chi connectivity index (χ1v) is 10.1. The molecule has 2 aliphatic rings. The molecule has 1 aromatic heterocycles. The van der Waals surface area contributed by atoms with Crippen LogP contribution in [0.2, 0.25) is 0 Å². The van der Waals surface area contributed by atoms with Gasteiger partial charge in [0.15, 0.2) is 0 Å². The molecule has 148 valence electrons. The van der Waals surface area contributed by atoms with Gasteiger partial charge in [0.1, 0.15) is 0 Å². The molecule has 6 heteroatoms. The van der Waals surface area contributed by atoms with Crippen LogP contribution in [0, 0.1) is 0 Å². The Morgan fingerprint density at radius 2 is 1.90 bits per heavy atom. The summed E-state index contributed by atoms with van der Waals surface area (Å²) in [4.78, 5) is 26.2. The maximum atomic E-state index is 12.5. The zero-order valence-corrected chi connectivity index (χ0v) is 16.1. The molecule has 0 aliphatic carbocycles. The number of nitrogens with one attached hydrogen (secondary N) is 1. The molecule has 0 spiro atoms. The molecule has 2 N–H and O–H groups in total. The van der Waals surface area contributed by atoms with Gasteiger partial charge in [-0.2, -0.15) is 0 Å². The number of carbonyl (C=O) groups is 2. The normalized spacial score (nSPS) is 18.4. The third-order valence-electron chi connectivity index (χ3n) is 6.26. The van der Waals surface area contributed by atoms with E-state index in [4.69, 9.17) is 5.21 Å². The number of rotatable bonds is 3. The van der Waals surface area contributed by atoms with Gasteiger partial charge in [-0.1, -0.05) is 30.3 Å². The van der Waals surface area contributed by atoms with Gasteiger partial charge in [0.05, 0.1) is 6.04 Å². The molecule has 29 heavy (non-hydrogen) atoms. The lowest BCUT2D eigenvalue weighted by Gasteiger charge is -2.40. The third-order valence-corrected chi connectivity index (χ3v) is 6.26. The molecule has 3 aromatic rings. The van der Waals surface area contributed by atoms with Crippen LogP contribution in [0.5, 0.6) is 0 Å². The van der Waals surface area contributed by atoms with Gasteiger partial charge < -0.3 is 9.47 Å². The molecule has 2 aliphatic heterocycles. The van der Waals surface area contributed by atoms with Gasteiger partial charge >= 0.3 is 0 Å². The molecule has 1 fully saturated rings. The molecule has 1 saturated heterocycles.